The van der Waals surface area contributed by atoms with Gasteiger partial charge in [0, 0.05) is 26.2 Å². The minimum absolute atomic E-state index is 0.00341. The number of benzene rings is 1. The number of amides is 1. The number of hydrogen-bond acceptors (Lipinski definition) is 5. The number of likely N-dealkylation sites (tertiary alicyclic amines) is 2. The molecule has 0 N–H and O–H groups in total. The number of fused-ring (bicyclic) bond motifs is 1. The monoisotopic (exact) mass is 383 g/mol. The maximum Gasteiger partial charge on any atom is 0.277 e. The number of carbonyl (C=O) groups is 1. The largest absolute Gasteiger partial charge is 0.341 e. The van der Waals surface area contributed by atoms with Crippen molar-refractivity contribution in [1.82, 2.24) is 24.8 Å². The summed E-state index contributed by atoms with van der Waals surface area (Å²) in [5, 5.41) is 8.94. The fourth-order valence-electron chi connectivity index (χ4n) is 4.81. The third kappa shape index (κ3) is 3.94. The van der Waals surface area contributed by atoms with Gasteiger partial charge >= 0.3 is 0 Å². The first-order chi connectivity index (χ1) is 13.5. The molecular formula is C21H29N5O2. The average Bonchev–Trinajstić information content (AvgIpc) is 2.68. The van der Waals surface area contributed by atoms with Crippen LogP contribution in [0.3, 0.4) is 0 Å². The SMILES string of the molecule is C[C@@H]1C[C@@H](C)CN(CC(=O)N2CCC(n3nnc4ccccc4c3=O)CC2)C1. The highest BCUT2D eigenvalue weighted by molar-refractivity contribution is 5.78. The lowest BCUT2D eigenvalue weighted by atomic mass is 9.92. The van der Waals surface area contributed by atoms with E-state index >= 15 is 0 Å². The summed E-state index contributed by atoms with van der Waals surface area (Å²) in [5.74, 6) is 1.51. The van der Waals surface area contributed by atoms with Gasteiger partial charge in [0.05, 0.1) is 18.0 Å². The summed E-state index contributed by atoms with van der Waals surface area (Å²) in [4.78, 5) is 29.7. The Balaban J connectivity index is 1.37. The third-order valence-corrected chi connectivity index (χ3v) is 6.06. The van der Waals surface area contributed by atoms with Gasteiger partial charge in [0.2, 0.25) is 5.91 Å². The van der Waals surface area contributed by atoms with Crippen molar-refractivity contribution in [3.05, 3.63) is 34.6 Å². The van der Waals surface area contributed by atoms with E-state index in [9.17, 15) is 9.59 Å². The lowest BCUT2D eigenvalue weighted by Gasteiger charge is -2.37. The number of rotatable bonds is 3. The summed E-state index contributed by atoms with van der Waals surface area (Å²) in [6.07, 6.45) is 2.73. The van der Waals surface area contributed by atoms with Crippen LogP contribution >= 0.6 is 0 Å². The molecule has 28 heavy (non-hydrogen) atoms. The number of piperidine rings is 2. The number of aromatic nitrogens is 3. The van der Waals surface area contributed by atoms with Crippen LogP contribution in [0.4, 0.5) is 0 Å². The van der Waals surface area contributed by atoms with Crippen molar-refractivity contribution in [1.29, 1.82) is 0 Å². The van der Waals surface area contributed by atoms with Crippen LogP contribution < -0.4 is 5.56 Å². The summed E-state index contributed by atoms with van der Waals surface area (Å²) in [6.45, 7) is 8.40. The van der Waals surface area contributed by atoms with Gasteiger partial charge in [0.25, 0.3) is 5.56 Å². The lowest BCUT2D eigenvalue weighted by Crippen LogP contribution is -2.48. The van der Waals surface area contributed by atoms with Crippen LogP contribution in [0.1, 0.15) is 39.2 Å². The quantitative estimate of drug-likeness (QED) is 0.810. The van der Waals surface area contributed by atoms with Crippen LogP contribution in [0.15, 0.2) is 29.1 Å². The molecule has 2 saturated heterocycles. The number of hydrogen-bond donors (Lipinski definition) is 0. The zero-order chi connectivity index (χ0) is 19.7. The van der Waals surface area contributed by atoms with E-state index in [4.69, 9.17) is 0 Å². The van der Waals surface area contributed by atoms with Crippen molar-refractivity contribution in [2.45, 2.75) is 39.2 Å². The van der Waals surface area contributed by atoms with Crippen molar-refractivity contribution >= 4 is 16.8 Å². The van der Waals surface area contributed by atoms with Gasteiger partial charge in [-0.15, -0.1) is 5.10 Å². The van der Waals surface area contributed by atoms with Crippen LogP contribution in [-0.2, 0) is 4.79 Å². The van der Waals surface area contributed by atoms with E-state index in [-0.39, 0.29) is 17.5 Å². The highest BCUT2D eigenvalue weighted by atomic mass is 16.2. The van der Waals surface area contributed by atoms with Gasteiger partial charge in [0.15, 0.2) is 0 Å². The minimum atomic E-state index is -0.0910. The Morgan fingerprint density at radius 2 is 1.79 bits per heavy atom. The van der Waals surface area contributed by atoms with Crippen LogP contribution in [-0.4, -0.2) is 63.4 Å². The molecule has 7 heteroatoms. The van der Waals surface area contributed by atoms with Crippen molar-refractivity contribution in [3.8, 4) is 0 Å². The van der Waals surface area contributed by atoms with Crippen LogP contribution in [0.25, 0.3) is 10.9 Å². The molecule has 2 fully saturated rings. The zero-order valence-electron chi connectivity index (χ0n) is 16.8. The van der Waals surface area contributed by atoms with Crippen LogP contribution in [0.2, 0.25) is 0 Å². The van der Waals surface area contributed by atoms with Gasteiger partial charge in [0.1, 0.15) is 5.52 Å². The van der Waals surface area contributed by atoms with Gasteiger partial charge in [-0.1, -0.05) is 31.2 Å². The smallest absolute Gasteiger partial charge is 0.277 e. The molecular weight excluding hydrogens is 354 g/mol. The fraction of sp³-hybridized carbons (Fsp3) is 0.619. The van der Waals surface area contributed by atoms with E-state index in [0.29, 0.717) is 42.4 Å². The predicted molar refractivity (Wildman–Crippen MR) is 108 cm³/mol. The van der Waals surface area contributed by atoms with Crippen LogP contribution in [0.5, 0.6) is 0 Å². The first-order valence-electron chi connectivity index (χ1n) is 10.4. The molecule has 2 atom stereocenters. The number of nitrogens with zero attached hydrogens (tertiary/aromatic N) is 5. The van der Waals surface area contributed by atoms with Gasteiger partial charge in [-0.2, -0.15) is 0 Å². The maximum atomic E-state index is 12.8. The molecule has 0 spiro atoms. The first-order valence-corrected chi connectivity index (χ1v) is 10.4. The molecule has 0 bridgehead atoms. The van der Waals surface area contributed by atoms with E-state index < -0.39 is 0 Å². The molecule has 2 aliphatic heterocycles. The molecule has 0 unspecified atom stereocenters. The number of carbonyl (C=O) groups excluding carboxylic acids is 1. The normalized spacial score (nSPS) is 24.6. The lowest BCUT2D eigenvalue weighted by molar-refractivity contribution is -0.134. The molecule has 7 nitrogen and oxygen atoms in total. The molecule has 4 rings (SSSR count). The van der Waals surface area contributed by atoms with Gasteiger partial charge in [-0.3, -0.25) is 14.5 Å². The standard InChI is InChI=1S/C21H29N5O2/c1-15-11-16(2)13-24(12-15)14-20(27)25-9-7-17(8-10-25)26-21(28)18-5-3-4-6-19(18)22-23-26/h3-6,15-17H,7-14H2,1-2H3/t15-,16-/m1/s1. The summed E-state index contributed by atoms with van der Waals surface area (Å²) < 4.78 is 1.51. The Morgan fingerprint density at radius 1 is 1.11 bits per heavy atom. The van der Waals surface area contributed by atoms with Gasteiger partial charge in [-0.05, 0) is 43.2 Å². The van der Waals surface area contributed by atoms with E-state index in [2.05, 4.69) is 29.1 Å². The van der Waals surface area contributed by atoms with E-state index in [0.717, 1.165) is 25.9 Å². The summed E-state index contributed by atoms with van der Waals surface area (Å²) >= 11 is 0. The second kappa shape index (κ2) is 7.99. The third-order valence-electron chi connectivity index (χ3n) is 6.06. The summed E-state index contributed by atoms with van der Waals surface area (Å²) in [7, 11) is 0. The fourth-order valence-corrected chi connectivity index (χ4v) is 4.81. The highest BCUT2D eigenvalue weighted by Gasteiger charge is 2.28. The topological polar surface area (TPSA) is 71.3 Å². The van der Waals surface area contributed by atoms with E-state index in [1.165, 1.54) is 11.1 Å². The highest BCUT2D eigenvalue weighted by Crippen LogP contribution is 2.23. The van der Waals surface area contributed by atoms with Gasteiger partial charge < -0.3 is 4.90 Å². The molecule has 2 aliphatic rings. The van der Waals surface area contributed by atoms with Crippen molar-refractivity contribution in [2.24, 2.45) is 11.8 Å². The molecule has 1 aromatic heterocycles. The molecule has 3 heterocycles. The van der Waals surface area contributed by atoms with E-state index in [1.807, 2.05) is 17.0 Å². The Hall–Kier alpha value is -2.28. The minimum Gasteiger partial charge on any atom is -0.341 e. The van der Waals surface area contributed by atoms with Crippen LogP contribution in [0, 0.1) is 11.8 Å². The average molecular weight is 383 g/mol. The first kappa shape index (κ1) is 19.1. The molecule has 0 aliphatic carbocycles. The Morgan fingerprint density at radius 3 is 2.50 bits per heavy atom. The molecule has 0 saturated carbocycles. The Bertz CT molecular complexity index is 893. The second-order valence-corrected chi connectivity index (χ2v) is 8.61. The Labute approximate surface area is 165 Å². The Kier molecular flexibility index (Phi) is 5.44. The second-order valence-electron chi connectivity index (χ2n) is 8.61. The zero-order valence-corrected chi connectivity index (χ0v) is 16.8. The predicted octanol–water partition coefficient (Wildman–Crippen LogP) is 1.93. The summed E-state index contributed by atoms with van der Waals surface area (Å²) in [6, 6.07) is 7.30. The van der Waals surface area contributed by atoms with Crippen molar-refractivity contribution in [2.75, 3.05) is 32.7 Å². The van der Waals surface area contributed by atoms with Crippen molar-refractivity contribution in [3.63, 3.8) is 0 Å². The maximum absolute atomic E-state index is 12.8. The van der Waals surface area contributed by atoms with Crippen molar-refractivity contribution < 1.29 is 4.79 Å². The molecule has 150 valence electrons. The summed E-state index contributed by atoms with van der Waals surface area (Å²) in [5.41, 5.74) is 0.535. The van der Waals surface area contributed by atoms with Gasteiger partial charge in [-0.25, -0.2) is 4.68 Å². The molecule has 1 aromatic carbocycles. The molecule has 0 radical (unpaired) electrons. The molecule has 1 amide bonds. The van der Waals surface area contributed by atoms with E-state index in [1.54, 1.807) is 12.1 Å². The molecule has 2 aromatic rings.